The van der Waals surface area contributed by atoms with E-state index in [0.717, 1.165) is 24.3 Å². The van der Waals surface area contributed by atoms with Crippen molar-refractivity contribution in [1.82, 2.24) is 0 Å². The Hall–Kier alpha value is -2.45. The molecule has 0 spiro atoms. The van der Waals surface area contributed by atoms with Gasteiger partial charge in [-0.1, -0.05) is 19.1 Å². The molecule has 1 fully saturated rings. The molecule has 1 saturated heterocycles. The van der Waals surface area contributed by atoms with Crippen molar-refractivity contribution in [2.45, 2.75) is 19.3 Å². The molecule has 0 unspecified atom stereocenters. The Kier molecular flexibility index (Phi) is 5.48. The lowest BCUT2D eigenvalue weighted by atomic mass is 10.1. The smallest absolute Gasteiger partial charge is 0.429 e. The highest BCUT2D eigenvalue weighted by atomic mass is 19.3. The summed E-state index contributed by atoms with van der Waals surface area (Å²) in [5.74, 6) is -3.27. The first-order valence-electron chi connectivity index (χ1n) is 8.15. The van der Waals surface area contributed by atoms with Crippen LogP contribution in [0.25, 0.3) is 0 Å². The number of hydrogen-bond acceptors (Lipinski definition) is 4. The maximum Gasteiger partial charge on any atom is 0.432 e. The van der Waals surface area contributed by atoms with Crippen LogP contribution in [0.15, 0.2) is 36.4 Å². The summed E-state index contributed by atoms with van der Waals surface area (Å²) < 4.78 is 72.5. The normalized spacial score (nSPS) is 20.3. The molecule has 0 aliphatic carbocycles. The highest BCUT2D eigenvalue weighted by Crippen LogP contribution is 2.37. The van der Waals surface area contributed by atoms with Crippen molar-refractivity contribution in [3.8, 4) is 5.75 Å². The molecule has 0 amide bonds. The van der Waals surface area contributed by atoms with Gasteiger partial charge in [0, 0.05) is 17.0 Å². The Balaban J connectivity index is 1.87. The fourth-order valence-electron chi connectivity index (χ4n) is 2.65. The average molecular weight is 384 g/mol. The van der Waals surface area contributed by atoms with E-state index >= 15 is 0 Å². The number of halogens is 4. The van der Waals surface area contributed by atoms with Gasteiger partial charge in [-0.3, -0.25) is 4.79 Å². The van der Waals surface area contributed by atoms with Crippen LogP contribution in [-0.2, 0) is 15.6 Å². The Bertz CT molecular complexity index is 809. The molecule has 1 heterocycles. The number of hydrogen-bond donors (Lipinski definition) is 0. The Morgan fingerprint density at radius 3 is 2.33 bits per heavy atom. The van der Waals surface area contributed by atoms with Gasteiger partial charge in [-0.05, 0) is 24.3 Å². The SMILES string of the molecule is CC1COC(c2cc(F)c(C(F)(F)Oc3cccc(C=O)c3)c(F)c2)OC1. The van der Waals surface area contributed by atoms with Gasteiger partial charge in [-0.25, -0.2) is 8.78 Å². The minimum atomic E-state index is -4.29. The standard InChI is InChI=1S/C19H16F4O4/c1-11-9-25-18(26-10-11)13-6-15(20)17(16(21)7-13)19(22,23)27-14-4-2-3-12(5-14)8-24/h2-8,11,18H,9-10H2,1H3. The summed E-state index contributed by atoms with van der Waals surface area (Å²) in [6, 6.07) is 6.34. The molecule has 0 N–H and O–H groups in total. The maximum absolute atomic E-state index is 14.4. The third-order valence-electron chi connectivity index (χ3n) is 3.93. The summed E-state index contributed by atoms with van der Waals surface area (Å²) >= 11 is 0. The number of ether oxygens (including phenoxy) is 3. The number of rotatable bonds is 5. The summed E-state index contributed by atoms with van der Waals surface area (Å²) in [6.45, 7) is 2.52. The minimum Gasteiger partial charge on any atom is -0.429 e. The second-order valence-corrected chi connectivity index (χ2v) is 6.27. The Morgan fingerprint density at radius 1 is 1.11 bits per heavy atom. The summed E-state index contributed by atoms with van der Waals surface area (Å²) in [5.41, 5.74) is -1.49. The van der Waals surface area contributed by atoms with Crippen LogP contribution in [0.5, 0.6) is 5.75 Å². The molecular formula is C19H16F4O4. The van der Waals surface area contributed by atoms with Crippen LogP contribution in [0.4, 0.5) is 17.6 Å². The second kappa shape index (κ2) is 7.66. The third kappa shape index (κ3) is 4.28. The summed E-state index contributed by atoms with van der Waals surface area (Å²) in [5, 5.41) is 0. The summed E-state index contributed by atoms with van der Waals surface area (Å²) in [4.78, 5) is 10.7. The van der Waals surface area contributed by atoms with Gasteiger partial charge in [-0.15, -0.1) is 0 Å². The number of carbonyl (C=O) groups excluding carboxylic acids is 1. The molecule has 0 aromatic heterocycles. The molecule has 144 valence electrons. The highest BCUT2D eigenvalue weighted by Gasteiger charge is 2.41. The first kappa shape index (κ1) is 19.3. The van der Waals surface area contributed by atoms with E-state index < -0.39 is 35.3 Å². The molecular weight excluding hydrogens is 368 g/mol. The number of alkyl halides is 2. The molecule has 4 nitrogen and oxygen atoms in total. The lowest BCUT2D eigenvalue weighted by molar-refractivity contribution is -0.203. The molecule has 2 aromatic carbocycles. The van der Waals surface area contributed by atoms with E-state index in [1.165, 1.54) is 12.1 Å². The van der Waals surface area contributed by atoms with Crippen LogP contribution >= 0.6 is 0 Å². The van der Waals surface area contributed by atoms with Crippen molar-refractivity contribution < 1.29 is 36.6 Å². The van der Waals surface area contributed by atoms with Crippen LogP contribution in [0.1, 0.15) is 34.7 Å². The van der Waals surface area contributed by atoms with Crippen LogP contribution in [-0.4, -0.2) is 19.5 Å². The predicted octanol–water partition coefficient (Wildman–Crippen LogP) is 4.59. The van der Waals surface area contributed by atoms with Crippen LogP contribution < -0.4 is 4.74 Å². The van der Waals surface area contributed by atoms with Gasteiger partial charge in [-0.2, -0.15) is 8.78 Å². The summed E-state index contributed by atoms with van der Waals surface area (Å²) in [7, 11) is 0. The van der Waals surface area contributed by atoms with E-state index in [9.17, 15) is 22.4 Å². The molecule has 2 aromatic rings. The number of benzene rings is 2. The molecule has 8 heteroatoms. The molecule has 0 atom stereocenters. The maximum atomic E-state index is 14.4. The molecule has 1 aliphatic rings. The monoisotopic (exact) mass is 384 g/mol. The molecule has 0 radical (unpaired) electrons. The van der Waals surface area contributed by atoms with Gasteiger partial charge in [0.25, 0.3) is 0 Å². The van der Waals surface area contributed by atoms with Crippen molar-refractivity contribution in [3.05, 3.63) is 64.7 Å². The topological polar surface area (TPSA) is 44.8 Å². The molecule has 3 rings (SSSR count). The second-order valence-electron chi connectivity index (χ2n) is 6.27. The quantitative estimate of drug-likeness (QED) is 0.559. The van der Waals surface area contributed by atoms with Gasteiger partial charge in [0.2, 0.25) is 0 Å². The lowest BCUT2D eigenvalue weighted by Gasteiger charge is -2.28. The third-order valence-corrected chi connectivity index (χ3v) is 3.93. The van der Waals surface area contributed by atoms with Crippen molar-refractivity contribution in [2.75, 3.05) is 13.2 Å². The highest BCUT2D eigenvalue weighted by molar-refractivity contribution is 5.75. The molecule has 0 saturated carbocycles. The lowest BCUT2D eigenvalue weighted by Crippen LogP contribution is -2.27. The van der Waals surface area contributed by atoms with E-state index in [0.29, 0.717) is 19.5 Å². The Morgan fingerprint density at radius 2 is 1.74 bits per heavy atom. The zero-order valence-electron chi connectivity index (χ0n) is 14.3. The van der Waals surface area contributed by atoms with Gasteiger partial charge >= 0.3 is 6.11 Å². The van der Waals surface area contributed by atoms with Gasteiger partial charge in [0.15, 0.2) is 6.29 Å². The zero-order chi connectivity index (χ0) is 19.6. The zero-order valence-corrected chi connectivity index (χ0v) is 14.3. The van der Waals surface area contributed by atoms with Crippen LogP contribution in [0, 0.1) is 17.6 Å². The van der Waals surface area contributed by atoms with Crippen molar-refractivity contribution >= 4 is 6.29 Å². The van der Waals surface area contributed by atoms with E-state index in [1.54, 1.807) is 0 Å². The van der Waals surface area contributed by atoms with Gasteiger partial charge in [0.05, 0.1) is 13.2 Å². The van der Waals surface area contributed by atoms with Crippen LogP contribution in [0.3, 0.4) is 0 Å². The largest absolute Gasteiger partial charge is 0.432 e. The van der Waals surface area contributed by atoms with Crippen LogP contribution in [0.2, 0.25) is 0 Å². The van der Waals surface area contributed by atoms with E-state index in [1.807, 2.05) is 6.92 Å². The molecule has 1 aliphatic heterocycles. The molecule has 27 heavy (non-hydrogen) atoms. The van der Waals surface area contributed by atoms with E-state index in [4.69, 9.17) is 9.47 Å². The van der Waals surface area contributed by atoms with E-state index in [2.05, 4.69) is 4.74 Å². The van der Waals surface area contributed by atoms with Crippen molar-refractivity contribution in [1.29, 1.82) is 0 Å². The van der Waals surface area contributed by atoms with Crippen molar-refractivity contribution in [2.24, 2.45) is 5.92 Å². The Labute approximate surface area is 152 Å². The van der Waals surface area contributed by atoms with Gasteiger partial charge in [0.1, 0.15) is 29.2 Å². The first-order chi connectivity index (χ1) is 12.8. The van der Waals surface area contributed by atoms with E-state index in [-0.39, 0.29) is 17.0 Å². The van der Waals surface area contributed by atoms with Gasteiger partial charge < -0.3 is 14.2 Å². The average Bonchev–Trinajstić information content (AvgIpc) is 2.61. The summed E-state index contributed by atoms with van der Waals surface area (Å²) in [6.07, 6.45) is -4.89. The fourth-order valence-corrected chi connectivity index (χ4v) is 2.65. The number of aldehydes is 1. The fraction of sp³-hybridized carbons (Fsp3) is 0.316. The first-order valence-corrected chi connectivity index (χ1v) is 8.15. The van der Waals surface area contributed by atoms with Crippen molar-refractivity contribution in [3.63, 3.8) is 0 Å². The number of carbonyl (C=O) groups is 1. The minimum absolute atomic E-state index is 0.0422. The predicted molar refractivity (Wildman–Crippen MR) is 86.5 cm³/mol. The molecule has 0 bridgehead atoms.